The molecule has 6 nitrogen and oxygen atoms in total. The smallest absolute Gasteiger partial charge is 0.341 e. The molecule has 0 spiro atoms. The van der Waals surface area contributed by atoms with Crippen LogP contribution >= 0.6 is 12.4 Å². The molecule has 0 bridgehead atoms. The second kappa shape index (κ2) is 8.71. The third-order valence-electron chi connectivity index (χ3n) is 3.16. The van der Waals surface area contributed by atoms with Crippen LogP contribution in [-0.4, -0.2) is 60.5 Å². The number of carbonyl (C=O) groups is 1. The first-order valence-corrected chi connectivity index (χ1v) is 6.66. The highest BCUT2D eigenvalue weighted by Gasteiger charge is 2.14. The Morgan fingerprint density at radius 1 is 1.29 bits per heavy atom. The van der Waals surface area contributed by atoms with E-state index in [-0.39, 0.29) is 29.5 Å². The summed E-state index contributed by atoms with van der Waals surface area (Å²) in [6.07, 6.45) is 0.741. The van der Waals surface area contributed by atoms with E-state index >= 15 is 0 Å². The number of ether oxygens (including phenoxy) is 2. The number of esters is 1. The van der Waals surface area contributed by atoms with Crippen molar-refractivity contribution in [1.29, 1.82) is 0 Å². The average Bonchev–Trinajstić information content (AvgIpc) is 2.44. The van der Waals surface area contributed by atoms with Gasteiger partial charge < -0.3 is 19.7 Å². The Morgan fingerprint density at radius 2 is 2.00 bits per heavy atom. The molecule has 0 unspecified atom stereocenters. The lowest BCUT2D eigenvalue weighted by Gasteiger charge is -2.26. The summed E-state index contributed by atoms with van der Waals surface area (Å²) in [5.74, 6) is -0.945. The molecule has 0 aliphatic carbocycles. The van der Waals surface area contributed by atoms with E-state index in [9.17, 15) is 9.90 Å². The van der Waals surface area contributed by atoms with Crippen molar-refractivity contribution in [2.75, 3.05) is 39.5 Å². The van der Waals surface area contributed by atoms with Crippen LogP contribution in [0.2, 0.25) is 0 Å². The van der Waals surface area contributed by atoms with E-state index in [4.69, 9.17) is 14.6 Å². The molecule has 0 aromatic heterocycles. The van der Waals surface area contributed by atoms with Crippen molar-refractivity contribution < 1.29 is 24.5 Å². The summed E-state index contributed by atoms with van der Waals surface area (Å²) in [6, 6.07) is 3.79. The van der Waals surface area contributed by atoms with E-state index in [0.29, 0.717) is 6.61 Å². The van der Waals surface area contributed by atoms with Crippen LogP contribution in [0.4, 0.5) is 0 Å². The number of hydrogen-bond acceptors (Lipinski definition) is 6. The van der Waals surface area contributed by atoms with Crippen molar-refractivity contribution in [2.24, 2.45) is 0 Å². The number of halogens is 1. The van der Waals surface area contributed by atoms with Gasteiger partial charge in [0.15, 0.2) is 0 Å². The molecule has 7 heteroatoms. The second-order valence-corrected chi connectivity index (χ2v) is 4.64. The molecule has 1 aliphatic heterocycles. The summed E-state index contributed by atoms with van der Waals surface area (Å²) < 4.78 is 10.4. The van der Waals surface area contributed by atoms with Gasteiger partial charge in [-0.15, -0.1) is 12.4 Å². The maximum atomic E-state index is 11.7. The van der Waals surface area contributed by atoms with Gasteiger partial charge in [0.2, 0.25) is 0 Å². The van der Waals surface area contributed by atoms with Crippen molar-refractivity contribution in [3.63, 3.8) is 0 Å². The number of phenolic OH excluding ortho intramolecular Hbond substituents is 2. The lowest BCUT2D eigenvalue weighted by Crippen LogP contribution is -2.37. The molecule has 21 heavy (non-hydrogen) atoms. The zero-order chi connectivity index (χ0) is 14.4. The number of aromatic hydroxyl groups is 2. The van der Waals surface area contributed by atoms with E-state index in [2.05, 4.69) is 4.90 Å². The zero-order valence-electron chi connectivity index (χ0n) is 11.7. The third kappa shape index (κ3) is 5.41. The summed E-state index contributed by atoms with van der Waals surface area (Å²) in [5, 5.41) is 18.7. The number of carbonyl (C=O) groups excluding carboxylic acids is 1. The summed E-state index contributed by atoms with van der Waals surface area (Å²) >= 11 is 0. The van der Waals surface area contributed by atoms with Gasteiger partial charge in [-0.3, -0.25) is 4.90 Å². The monoisotopic (exact) mass is 317 g/mol. The van der Waals surface area contributed by atoms with Crippen LogP contribution in [0.25, 0.3) is 0 Å². The quantitative estimate of drug-likeness (QED) is 0.631. The minimum absolute atomic E-state index is 0. The van der Waals surface area contributed by atoms with E-state index in [1.807, 2.05) is 0 Å². The summed E-state index contributed by atoms with van der Waals surface area (Å²) in [7, 11) is 0. The molecule has 2 N–H and O–H groups in total. The van der Waals surface area contributed by atoms with Crippen molar-refractivity contribution in [2.45, 2.75) is 6.42 Å². The number of hydrogen-bond donors (Lipinski definition) is 2. The number of benzene rings is 1. The normalized spacial score (nSPS) is 15.2. The Bertz CT molecular complexity index is 463. The predicted molar refractivity (Wildman–Crippen MR) is 79.2 cm³/mol. The summed E-state index contributed by atoms with van der Waals surface area (Å²) in [5.41, 5.74) is 0.0640. The van der Waals surface area contributed by atoms with E-state index < -0.39 is 5.97 Å². The van der Waals surface area contributed by atoms with Gasteiger partial charge in [-0.1, -0.05) is 0 Å². The molecule has 1 aromatic rings. The second-order valence-electron chi connectivity index (χ2n) is 4.64. The molecule has 0 saturated carbocycles. The lowest BCUT2D eigenvalue weighted by molar-refractivity contribution is 0.0297. The molecule has 0 atom stereocenters. The average molecular weight is 318 g/mol. The van der Waals surface area contributed by atoms with Gasteiger partial charge in [0.1, 0.15) is 17.1 Å². The molecule has 1 fully saturated rings. The van der Waals surface area contributed by atoms with Crippen LogP contribution in [0.3, 0.4) is 0 Å². The van der Waals surface area contributed by atoms with Crippen molar-refractivity contribution in [3.05, 3.63) is 23.8 Å². The van der Waals surface area contributed by atoms with Crippen LogP contribution in [0, 0.1) is 0 Å². The van der Waals surface area contributed by atoms with Gasteiger partial charge in [0.05, 0.1) is 19.8 Å². The Labute approximate surface area is 129 Å². The first-order chi connectivity index (χ1) is 9.66. The number of rotatable bonds is 5. The predicted octanol–water partition coefficient (Wildman–Crippen LogP) is 1.40. The number of morpholine rings is 1. The van der Waals surface area contributed by atoms with Gasteiger partial charge in [0.25, 0.3) is 0 Å². The number of phenols is 2. The molecule has 1 aliphatic rings. The Morgan fingerprint density at radius 3 is 2.67 bits per heavy atom. The first-order valence-electron chi connectivity index (χ1n) is 6.66. The van der Waals surface area contributed by atoms with Gasteiger partial charge in [-0.2, -0.15) is 0 Å². The fourth-order valence-corrected chi connectivity index (χ4v) is 2.05. The third-order valence-corrected chi connectivity index (χ3v) is 3.16. The molecule has 1 heterocycles. The molecule has 1 aromatic carbocycles. The Hall–Kier alpha value is -1.50. The van der Waals surface area contributed by atoms with Crippen molar-refractivity contribution in [1.82, 2.24) is 4.90 Å². The fourth-order valence-electron chi connectivity index (χ4n) is 2.05. The van der Waals surface area contributed by atoms with Crippen LogP contribution in [0.5, 0.6) is 11.5 Å². The van der Waals surface area contributed by atoms with E-state index in [1.54, 1.807) is 0 Å². The van der Waals surface area contributed by atoms with Crippen molar-refractivity contribution in [3.8, 4) is 11.5 Å². The zero-order valence-corrected chi connectivity index (χ0v) is 12.5. The first kappa shape index (κ1) is 17.6. The van der Waals surface area contributed by atoms with Gasteiger partial charge in [0, 0.05) is 25.7 Å². The van der Waals surface area contributed by atoms with Crippen LogP contribution < -0.4 is 0 Å². The molecule has 0 amide bonds. The summed E-state index contributed by atoms with van der Waals surface area (Å²) in [6.45, 7) is 4.48. The van der Waals surface area contributed by atoms with E-state index in [0.717, 1.165) is 45.3 Å². The van der Waals surface area contributed by atoms with Gasteiger partial charge >= 0.3 is 5.97 Å². The molecule has 2 rings (SSSR count). The van der Waals surface area contributed by atoms with E-state index in [1.165, 1.54) is 12.1 Å². The van der Waals surface area contributed by atoms with Gasteiger partial charge in [-0.05, 0) is 18.6 Å². The Kier molecular flexibility index (Phi) is 7.28. The van der Waals surface area contributed by atoms with Crippen LogP contribution in [0.1, 0.15) is 16.8 Å². The maximum Gasteiger partial charge on any atom is 0.341 e. The molecular formula is C14H20ClNO5. The van der Waals surface area contributed by atoms with Gasteiger partial charge in [-0.25, -0.2) is 4.79 Å². The van der Waals surface area contributed by atoms with Crippen molar-refractivity contribution >= 4 is 18.4 Å². The minimum Gasteiger partial charge on any atom is -0.508 e. The molecule has 1 saturated heterocycles. The molecular weight excluding hydrogens is 298 g/mol. The lowest BCUT2D eigenvalue weighted by atomic mass is 10.2. The highest BCUT2D eigenvalue weighted by Crippen LogP contribution is 2.23. The molecule has 0 radical (unpaired) electrons. The fraction of sp³-hybridized carbons (Fsp3) is 0.500. The molecule has 118 valence electrons. The Balaban J connectivity index is 0.00000220. The van der Waals surface area contributed by atoms with Crippen LogP contribution in [-0.2, 0) is 9.47 Å². The maximum absolute atomic E-state index is 11.7. The highest BCUT2D eigenvalue weighted by molar-refractivity contribution is 5.92. The number of nitrogens with zero attached hydrogens (tertiary/aromatic N) is 1. The standard InChI is InChI=1S/C14H19NO5.ClH/c16-11-2-3-12(13(17)10-11)14(18)20-7-1-4-15-5-8-19-9-6-15;/h2-3,10,16-17H,1,4-9H2;1H. The largest absolute Gasteiger partial charge is 0.508 e. The SMILES string of the molecule is Cl.O=C(OCCCN1CCOCC1)c1ccc(O)cc1O. The summed E-state index contributed by atoms with van der Waals surface area (Å²) in [4.78, 5) is 14.0. The minimum atomic E-state index is -0.579. The van der Waals surface area contributed by atoms with Crippen LogP contribution in [0.15, 0.2) is 18.2 Å². The topological polar surface area (TPSA) is 79.2 Å². The highest BCUT2D eigenvalue weighted by atomic mass is 35.5.